The van der Waals surface area contributed by atoms with Gasteiger partial charge in [0.15, 0.2) is 0 Å². The Kier molecular flexibility index (Phi) is 5.01. The van der Waals surface area contributed by atoms with Crippen LogP contribution in [0.25, 0.3) is 0 Å². The molecule has 0 spiro atoms. The standard InChI is InChI=1S/C17H21F3N4O/c1-23-16(17(18,19)20)12(9-22-23)11-24-8-7-21-10-14(24)13-5-3-4-6-15(13)25-2/h3-6,9,14,21H,7-8,10-11H2,1-2H3. The van der Waals surface area contributed by atoms with E-state index in [0.717, 1.165) is 22.5 Å². The van der Waals surface area contributed by atoms with Gasteiger partial charge in [0.1, 0.15) is 11.4 Å². The lowest BCUT2D eigenvalue weighted by molar-refractivity contribution is -0.144. The topological polar surface area (TPSA) is 42.3 Å². The summed E-state index contributed by atoms with van der Waals surface area (Å²) in [6.45, 7) is 2.22. The minimum absolute atomic E-state index is 0.0637. The second-order valence-electron chi connectivity index (χ2n) is 6.07. The zero-order valence-electron chi connectivity index (χ0n) is 14.2. The number of hydrogen-bond donors (Lipinski definition) is 1. The molecule has 1 aromatic heterocycles. The number of ether oxygens (including phenoxy) is 1. The molecule has 0 amide bonds. The third kappa shape index (κ3) is 3.64. The van der Waals surface area contributed by atoms with Crippen molar-refractivity contribution in [1.82, 2.24) is 20.0 Å². The van der Waals surface area contributed by atoms with Crippen LogP contribution in [0.15, 0.2) is 30.5 Å². The Bertz CT molecular complexity index is 729. The van der Waals surface area contributed by atoms with E-state index in [2.05, 4.69) is 10.4 Å². The zero-order valence-corrected chi connectivity index (χ0v) is 14.2. The lowest BCUT2D eigenvalue weighted by Crippen LogP contribution is -2.45. The van der Waals surface area contributed by atoms with E-state index in [4.69, 9.17) is 4.74 Å². The van der Waals surface area contributed by atoms with Crippen LogP contribution in [0, 0.1) is 0 Å². The quantitative estimate of drug-likeness (QED) is 0.917. The number of rotatable bonds is 4. The van der Waals surface area contributed by atoms with Crippen LogP contribution in [0.1, 0.15) is 22.9 Å². The number of aromatic nitrogens is 2. The first-order valence-electron chi connectivity index (χ1n) is 8.07. The smallest absolute Gasteiger partial charge is 0.433 e. The van der Waals surface area contributed by atoms with Crippen molar-refractivity contribution in [3.8, 4) is 5.75 Å². The maximum Gasteiger partial charge on any atom is 0.433 e. The predicted molar refractivity (Wildman–Crippen MR) is 87.2 cm³/mol. The molecule has 1 aliphatic rings. The van der Waals surface area contributed by atoms with Crippen molar-refractivity contribution in [3.63, 3.8) is 0 Å². The fraction of sp³-hybridized carbons (Fsp3) is 0.471. The maximum atomic E-state index is 13.3. The fourth-order valence-electron chi connectivity index (χ4n) is 3.37. The third-order valence-corrected chi connectivity index (χ3v) is 4.51. The van der Waals surface area contributed by atoms with E-state index in [0.29, 0.717) is 13.1 Å². The Morgan fingerprint density at radius 3 is 2.80 bits per heavy atom. The summed E-state index contributed by atoms with van der Waals surface area (Å²) in [6, 6.07) is 7.55. The molecule has 8 heteroatoms. The first kappa shape index (κ1) is 17.8. The number of aryl methyl sites for hydroxylation is 1. The Hall–Kier alpha value is -2.06. The largest absolute Gasteiger partial charge is 0.496 e. The average Bonchev–Trinajstić information content (AvgIpc) is 2.96. The SMILES string of the molecule is COc1ccccc1C1CNCCN1Cc1cnn(C)c1C(F)(F)F. The predicted octanol–water partition coefficient (Wildman–Crippen LogP) is 2.59. The van der Waals surface area contributed by atoms with Crippen molar-refractivity contribution < 1.29 is 17.9 Å². The van der Waals surface area contributed by atoms with Crippen LogP contribution in [0.4, 0.5) is 13.2 Å². The fourth-order valence-corrected chi connectivity index (χ4v) is 3.37. The van der Waals surface area contributed by atoms with Gasteiger partial charge in [-0.25, -0.2) is 0 Å². The summed E-state index contributed by atoms with van der Waals surface area (Å²) in [4.78, 5) is 2.04. The Morgan fingerprint density at radius 2 is 2.08 bits per heavy atom. The zero-order chi connectivity index (χ0) is 18.0. The monoisotopic (exact) mass is 354 g/mol. The number of hydrogen-bond acceptors (Lipinski definition) is 4. The van der Waals surface area contributed by atoms with E-state index >= 15 is 0 Å². The second kappa shape index (κ2) is 7.05. The van der Waals surface area contributed by atoms with Gasteiger partial charge in [0.25, 0.3) is 0 Å². The van der Waals surface area contributed by atoms with Crippen molar-refractivity contribution in [2.75, 3.05) is 26.7 Å². The van der Waals surface area contributed by atoms with Gasteiger partial charge in [-0.2, -0.15) is 18.3 Å². The number of benzene rings is 1. The molecule has 1 fully saturated rings. The minimum Gasteiger partial charge on any atom is -0.496 e. The van der Waals surface area contributed by atoms with Gasteiger partial charge in [0.05, 0.1) is 19.3 Å². The molecule has 0 radical (unpaired) electrons. The highest BCUT2D eigenvalue weighted by Gasteiger charge is 2.38. The first-order chi connectivity index (χ1) is 11.9. The van der Waals surface area contributed by atoms with Crippen LogP contribution < -0.4 is 10.1 Å². The number of halogens is 3. The summed E-state index contributed by atoms with van der Waals surface area (Å²) in [5, 5.41) is 7.12. The molecule has 2 aromatic rings. The molecule has 2 heterocycles. The van der Waals surface area contributed by atoms with Crippen molar-refractivity contribution in [2.45, 2.75) is 18.8 Å². The van der Waals surface area contributed by atoms with Gasteiger partial charge >= 0.3 is 6.18 Å². The molecule has 25 heavy (non-hydrogen) atoms. The molecular weight excluding hydrogens is 333 g/mol. The van der Waals surface area contributed by atoms with Gasteiger partial charge in [-0.05, 0) is 6.07 Å². The van der Waals surface area contributed by atoms with Gasteiger partial charge in [0.2, 0.25) is 0 Å². The Morgan fingerprint density at radius 1 is 1.32 bits per heavy atom. The molecule has 136 valence electrons. The minimum atomic E-state index is -4.42. The molecular formula is C17H21F3N4O. The van der Waals surface area contributed by atoms with E-state index in [1.165, 1.54) is 13.2 Å². The van der Waals surface area contributed by atoms with E-state index in [1.807, 2.05) is 29.2 Å². The highest BCUT2D eigenvalue weighted by molar-refractivity contribution is 5.36. The summed E-state index contributed by atoms with van der Waals surface area (Å²) in [5.74, 6) is 0.739. The van der Waals surface area contributed by atoms with Crippen LogP contribution in [-0.4, -0.2) is 41.4 Å². The number of nitrogens with one attached hydrogen (secondary N) is 1. The van der Waals surface area contributed by atoms with E-state index in [1.54, 1.807) is 7.11 Å². The molecule has 1 saturated heterocycles. The number of methoxy groups -OCH3 is 1. The van der Waals surface area contributed by atoms with E-state index < -0.39 is 11.9 Å². The van der Waals surface area contributed by atoms with Crippen LogP contribution in [-0.2, 0) is 19.8 Å². The van der Waals surface area contributed by atoms with Gasteiger partial charge < -0.3 is 10.1 Å². The molecule has 3 rings (SSSR count). The molecule has 1 N–H and O–H groups in total. The van der Waals surface area contributed by atoms with Crippen LogP contribution >= 0.6 is 0 Å². The van der Waals surface area contributed by atoms with Gasteiger partial charge in [-0.1, -0.05) is 18.2 Å². The van der Waals surface area contributed by atoms with E-state index in [-0.39, 0.29) is 18.2 Å². The van der Waals surface area contributed by atoms with E-state index in [9.17, 15) is 13.2 Å². The van der Waals surface area contributed by atoms with Gasteiger partial charge in [0, 0.05) is 44.4 Å². The average molecular weight is 354 g/mol. The van der Waals surface area contributed by atoms with Crippen molar-refractivity contribution in [3.05, 3.63) is 47.3 Å². The number of piperazine rings is 1. The number of para-hydroxylation sites is 1. The molecule has 0 saturated carbocycles. The summed E-state index contributed by atoms with van der Waals surface area (Å²) in [5.41, 5.74) is 0.469. The summed E-state index contributed by atoms with van der Waals surface area (Å²) < 4.78 is 46.3. The summed E-state index contributed by atoms with van der Waals surface area (Å²) in [7, 11) is 2.92. The highest BCUT2D eigenvalue weighted by atomic mass is 19.4. The first-order valence-corrected chi connectivity index (χ1v) is 8.07. The van der Waals surface area contributed by atoms with Crippen LogP contribution in [0.5, 0.6) is 5.75 Å². The Balaban J connectivity index is 1.91. The Labute approximate surface area is 144 Å². The molecule has 1 aliphatic heterocycles. The molecule has 5 nitrogen and oxygen atoms in total. The third-order valence-electron chi connectivity index (χ3n) is 4.51. The van der Waals surface area contributed by atoms with Gasteiger partial charge in [-0.3, -0.25) is 9.58 Å². The molecule has 0 bridgehead atoms. The van der Waals surface area contributed by atoms with Gasteiger partial charge in [-0.15, -0.1) is 0 Å². The second-order valence-corrected chi connectivity index (χ2v) is 6.07. The lowest BCUT2D eigenvalue weighted by Gasteiger charge is -2.37. The van der Waals surface area contributed by atoms with Crippen LogP contribution in [0.3, 0.4) is 0 Å². The molecule has 0 aliphatic carbocycles. The normalized spacial score (nSPS) is 19.2. The maximum absolute atomic E-state index is 13.3. The van der Waals surface area contributed by atoms with Crippen molar-refractivity contribution in [2.24, 2.45) is 7.05 Å². The number of nitrogens with zero attached hydrogens (tertiary/aromatic N) is 3. The number of alkyl halides is 3. The van der Waals surface area contributed by atoms with Crippen molar-refractivity contribution >= 4 is 0 Å². The summed E-state index contributed by atoms with van der Waals surface area (Å²) in [6.07, 6.45) is -3.11. The molecule has 1 aromatic carbocycles. The van der Waals surface area contributed by atoms with Crippen LogP contribution in [0.2, 0.25) is 0 Å². The molecule has 1 unspecified atom stereocenters. The molecule has 1 atom stereocenters. The van der Waals surface area contributed by atoms with Crippen molar-refractivity contribution in [1.29, 1.82) is 0 Å². The summed E-state index contributed by atoms with van der Waals surface area (Å²) >= 11 is 0. The lowest BCUT2D eigenvalue weighted by atomic mass is 10.0. The highest BCUT2D eigenvalue weighted by Crippen LogP contribution is 2.35.